The van der Waals surface area contributed by atoms with Gasteiger partial charge in [0.15, 0.2) is 0 Å². The summed E-state index contributed by atoms with van der Waals surface area (Å²) in [6.07, 6.45) is 1.21. The van der Waals surface area contributed by atoms with E-state index >= 15 is 0 Å². The minimum absolute atomic E-state index is 0.0692. The van der Waals surface area contributed by atoms with E-state index in [2.05, 4.69) is 17.1 Å². The fourth-order valence-corrected chi connectivity index (χ4v) is 4.07. The van der Waals surface area contributed by atoms with Crippen LogP contribution in [0.15, 0.2) is 59.4 Å². The lowest BCUT2D eigenvalue weighted by Gasteiger charge is -2.21. The van der Waals surface area contributed by atoms with Crippen molar-refractivity contribution in [2.24, 2.45) is 0 Å². The third kappa shape index (κ3) is 4.53. The summed E-state index contributed by atoms with van der Waals surface area (Å²) in [7, 11) is 1.92. The van der Waals surface area contributed by atoms with Crippen molar-refractivity contribution >= 4 is 17.5 Å². The van der Waals surface area contributed by atoms with Gasteiger partial charge in [-0.1, -0.05) is 42.5 Å². The Hall–Kier alpha value is -3.41. The molecule has 1 aromatic heterocycles. The second-order valence-corrected chi connectivity index (χ2v) is 8.28. The third-order valence-corrected chi connectivity index (χ3v) is 6.10. The van der Waals surface area contributed by atoms with E-state index in [-0.39, 0.29) is 17.4 Å². The molecule has 2 aromatic carbocycles. The molecule has 2 heterocycles. The molecule has 31 heavy (non-hydrogen) atoms. The van der Waals surface area contributed by atoms with Crippen molar-refractivity contribution < 1.29 is 4.79 Å². The molecular formula is C25H28N4O2. The van der Waals surface area contributed by atoms with Crippen LogP contribution < -0.4 is 15.4 Å². The molecule has 1 atom stereocenters. The normalized spacial score (nSPS) is 16.0. The molecular weight excluding hydrogens is 388 g/mol. The quantitative estimate of drug-likeness (QED) is 0.667. The molecule has 1 amide bonds. The zero-order valence-corrected chi connectivity index (χ0v) is 18.3. The molecule has 0 saturated carbocycles. The lowest BCUT2D eigenvalue weighted by Crippen LogP contribution is -2.27. The summed E-state index contributed by atoms with van der Waals surface area (Å²) in [4.78, 5) is 36.5. The Bertz CT molecular complexity index is 1140. The first-order valence-corrected chi connectivity index (χ1v) is 10.7. The SMILES string of the molecule is Cc1cccc(N2C[C@@H](c3cc(=O)[nH]c(N(C)CCc4ccccc4)n3)CC2=O)c1C. The van der Waals surface area contributed by atoms with Gasteiger partial charge < -0.3 is 9.80 Å². The van der Waals surface area contributed by atoms with Crippen LogP contribution in [0.25, 0.3) is 0 Å². The molecule has 6 heteroatoms. The molecule has 0 unspecified atom stereocenters. The molecule has 0 aliphatic carbocycles. The molecule has 1 saturated heterocycles. The predicted molar refractivity (Wildman–Crippen MR) is 124 cm³/mol. The third-order valence-electron chi connectivity index (χ3n) is 6.10. The summed E-state index contributed by atoms with van der Waals surface area (Å²) in [5.74, 6) is 0.506. The van der Waals surface area contributed by atoms with E-state index in [9.17, 15) is 9.59 Å². The van der Waals surface area contributed by atoms with Gasteiger partial charge in [-0.2, -0.15) is 0 Å². The molecule has 0 bridgehead atoms. The number of hydrogen-bond acceptors (Lipinski definition) is 4. The van der Waals surface area contributed by atoms with Crippen molar-refractivity contribution in [3.8, 4) is 0 Å². The van der Waals surface area contributed by atoms with Gasteiger partial charge in [-0.05, 0) is 43.0 Å². The van der Waals surface area contributed by atoms with Crippen LogP contribution in [0.2, 0.25) is 0 Å². The topological polar surface area (TPSA) is 69.3 Å². The Kier molecular flexibility index (Phi) is 5.89. The number of carbonyl (C=O) groups is 1. The first-order valence-electron chi connectivity index (χ1n) is 10.7. The van der Waals surface area contributed by atoms with Gasteiger partial charge in [0, 0.05) is 44.2 Å². The van der Waals surface area contributed by atoms with Crippen LogP contribution in [0.1, 0.15) is 34.7 Å². The number of benzene rings is 2. The molecule has 1 aliphatic rings. The maximum atomic E-state index is 12.8. The number of rotatable bonds is 6. The van der Waals surface area contributed by atoms with Crippen LogP contribution in [-0.4, -0.2) is 36.0 Å². The van der Waals surface area contributed by atoms with Crippen LogP contribution >= 0.6 is 0 Å². The highest BCUT2D eigenvalue weighted by atomic mass is 16.2. The minimum atomic E-state index is -0.191. The monoisotopic (exact) mass is 416 g/mol. The Morgan fingerprint density at radius 2 is 1.87 bits per heavy atom. The highest BCUT2D eigenvalue weighted by Gasteiger charge is 2.33. The van der Waals surface area contributed by atoms with Crippen molar-refractivity contribution in [3.05, 3.63) is 87.3 Å². The number of anilines is 2. The second kappa shape index (κ2) is 8.76. The number of amides is 1. The van der Waals surface area contributed by atoms with Gasteiger partial charge in [-0.15, -0.1) is 0 Å². The van der Waals surface area contributed by atoms with E-state index in [1.165, 1.54) is 11.6 Å². The number of carbonyl (C=O) groups excluding carboxylic acids is 1. The minimum Gasteiger partial charge on any atom is -0.345 e. The van der Waals surface area contributed by atoms with Crippen LogP contribution in [0.4, 0.5) is 11.6 Å². The van der Waals surface area contributed by atoms with E-state index < -0.39 is 0 Å². The van der Waals surface area contributed by atoms with E-state index in [1.807, 2.05) is 67.1 Å². The summed E-state index contributed by atoms with van der Waals surface area (Å²) in [6.45, 7) is 5.35. The maximum Gasteiger partial charge on any atom is 0.252 e. The number of aromatic amines is 1. The number of nitrogens with one attached hydrogen (secondary N) is 1. The van der Waals surface area contributed by atoms with Gasteiger partial charge >= 0.3 is 0 Å². The molecule has 0 radical (unpaired) electrons. The summed E-state index contributed by atoms with van der Waals surface area (Å²) in [5.41, 5.74) is 4.92. The fourth-order valence-electron chi connectivity index (χ4n) is 4.07. The molecule has 3 aromatic rings. The molecule has 1 fully saturated rings. The summed E-state index contributed by atoms with van der Waals surface area (Å²) in [6, 6.07) is 17.8. The zero-order chi connectivity index (χ0) is 22.0. The molecule has 160 valence electrons. The average Bonchev–Trinajstić information content (AvgIpc) is 3.15. The van der Waals surface area contributed by atoms with Crippen molar-refractivity contribution in [2.75, 3.05) is 29.9 Å². The Morgan fingerprint density at radius 3 is 2.65 bits per heavy atom. The number of hydrogen-bond donors (Lipinski definition) is 1. The van der Waals surface area contributed by atoms with Crippen LogP contribution in [0, 0.1) is 13.8 Å². The zero-order valence-electron chi connectivity index (χ0n) is 18.3. The largest absolute Gasteiger partial charge is 0.345 e. The van der Waals surface area contributed by atoms with Gasteiger partial charge in [-0.3, -0.25) is 14.6 Å². The molecule has 1 N–H and O–H groups in total. The molecule has 6 nitrogen and oxygen atoms in total. The van der Waals surface area contributed by atoms with Crippen LogP contribution in [-0.2, 0) is 11.2 Å². The van der Waals surface area contributed by atoms with E-state index in [1.54, 1.807) is 0 Å². The number of H-pyrrole nitrogens is 1. The Morgan fingerprint density at radius 1 is 1.10 bits per heavy atom. The molecule has 0 spiro atoms. The summed E-state index contributed by atoms with van der Waals surface area (Å²) < 4.78 is 0. The number of likely N-dealkylation sites (N-methyl/N-ethyl adjacent to an activating group) is 1. The van der Waals surface area contributed by atoms with Gasteiger partial charge in [0.05, 0.1) is 5.69 Å². The predicted octanol–water partition coefficient (Wildman–Crippen LogP) is 3.59. The van der Waals surface area contributed by atoms with Crippen molar-refractivity contribution in [2.45, 2.75) is 32.6 Å². The van der Waals surface area contributed by atoms with Crippen molar-refractivity contribution in [1.82, 2.24) is 9.97 Å². The van der Waals surface area contributed by atoms with Crippen LogP contribution in [0.5, 0.6) is 0 Å². The van der Waals surface area contributed by atoms with E-state index in [0.29, 0.717) is 24.6 Å². The van der Waals surface area contributed by atoms with Crippen molar-refractivity contribution in [3.63, 3.8) is 0 Å². The first kappa shape index (κ1) is 20.8. The average molecular weight is 417 g/mol. The number of aryl methyl sites for hydroxylation is 1. The molecule has 4 rings (SSSR count). The summed E-state index contributed by atoms with van der Waals surface area (Å²) >= 11 is 0. The van der Waals surface area contributed by atoms with Gasteiger partial charge in [0.25, 0.3) is 5.56 Å². The first-order chi connectivity index (χ1) is 14.9. The Labute approximate surface area is 182 Å². The van der Waals surface area contributed by atoms with Gasteiger partial charge in [-0.25, -0.2) is 4.98 Å². The van der Waals surface area contributed by atoms with E-state index in [0.717, 1.165) is 29.8 Å². The highest BCUT2D eigenvalue weighted by molar-refractivity contribution is 5.97. The highest BCUT2D eigenvalue weighted by Crippen LogP contribution is 2.33. The summed E-state index contributed by atoms with van der Waals surface area (Å²) in [5, 5.41) is 0. The lowest BCUT2D eigenvalue weighted by atomic mass is 10.0. The van der Waals surface area contributed by atoms with Gasteiger partial charge in [0.1, 0.15) is 0 Å². The maximum absolute atomic E-state index is 12.8. The Balaban J connectivity index is 1.52. The van der Waals surface area contributed by atoms with Gasteiger partial charge in [0.2, 0.25) is 11.9 Å². The lowest BCUT2D eigenvalue weighted by molar-refractivity contribution is -0.117. The smallest absolute Gasteiger partial charge is 0.252 e. The van der Waals surface area contributed by atoms with E-state index in [4.69, 9.17) is 4.98 Å². The second-order valence-electron chi connectivity index (χ2n) is 8.28. The van der Waals surface area contributed by atoms with Crippen LogP contribution in [0.3, 0.4) is 0 Å². The standard InChI is InChI=1S/C25H28N4O2/c1-17-8-7-11-22(18(17)2)29-16-20(14-24(29)31)21-15-23(30)27-25(26-21)28(3)13-12-19-9-5-4-6-10-19/h4-11,15,20H,12-14,16H2,1-3H3,(H,26,27,30)/t20-/m0/s1. The molecule has 1 aliphatic heterocycles. The number of aromatic nitrogens is 2. The van der Waals surface area contributed by atoms with Crippen molar-refractivity contribution in [1.29, 1.82) is 0 Å². The number of nitrogens with zero attached hydrogens (tertiary/aromatic N) is 3. The fraction of sp³-hybridized carbons (Fsp3) is 0.320.